The first-order chi connectivity index (χ1) is 15.1. The van der Waals surface area contributed by atoms with Gasteiger partial charge < -0.3 is 9.73 Å². The summed E-state index contributed by atoms with van der Waals surface area (Å²) in [5, 5.41) is 3.53. The van der Waals surface area contributed by atoms with Crippen LogP contribution in [0.3, 0.4) is 0 Å². The van der Waals surface area contributed by atoms with Crippen molar-refractivity contribution in [2.45, 2.75) is 18.6 Å². The van der Waals surface area contributed by atoms with Gasteiger partial charge >= 0.3 is 0 Å². The minimum Gasteiger partial charge on any atom is -0.467 e. The van der Waals surface area contributed by atoms with Crippen molar-refractivity contribution in [2.75, 3.05) is 5.75 Å². The van der Waals surface area contributed by atoms with Crippen LogP contribution in [0, 0.1) is 6.92 Å². The van der Waals surface area contributed by atoms with Crippen LogP contribution in [-0.2, 0) is 6.54 Å². The summed E-state index contributed by atoms with van der Waals surface area (Å²) in [4.78, 5) is 29.4. The fourth-order valence-electron chi connectivity index (χ4n) is 3.03. The number of carbonyl (C=O) groups excluding carboxylic acids is 2. The lowest BCUT2D eigenvalue weighted by Crippen LogP contribution is -2.22. The lowest BCUT2D eigenvalue weighted by atomic mass is 10.1. The van der Waals surface area contributed by atoms with E-state index in [1.165, 1.54) is 11.8 Å². The predicted octanol–water partition coefficient (Wildman–Crippen LogP) is 4.68. The number of carbonyl (C=O) groups is 2. The Hall–Kier alpha value is -3.58. The van der Waals surface area contributed by atoms with Crippen LogP contribution in [0.4, 0.5) is 0 Å². The second-order valence-corrected chi connectivity index (χ2v) is 7.91. The minimum atomic E-state index is -0.192. The molecule has 31 heavy (non-hydrogen) atoms. The summed E-state index contributed by atoms with van der Waals surface area (Å²) in [6.45, 7) is 2.31. The molecule has 2 aromatic heterocycles. The van der Waals surface area contributed by atoms with Gasteiger partial charge in [0.25, 0.3) is 5.91 Å². The normalized spacial score (nSPS) is 10.7. The summed E-state index contributed by atoms with van der Waals surface area (Å²) in [6, 6.07) is 18.4. The van der Waals surface area contributed by atoms with Crippen LogP contribution < -0.4 is 5.32 Å². The van der Waals surface area contributed by atoms with Gasteiger partial charge in [0.2, 0.25) is 0 Å². The third-order valence-corrected chi connectivity index (χ3v) is 5.67. The number of nitrogens with one attached hydrogen (secondary N) is 1. The maximum atomic E-state index is 12.5. The van der Waals surface area contributed by atoms with E-state index in [4.69, 9.17) is 4.42 Å². The van der Waals surface area contributed by atoms with Crippen LogP contribution in [0.25, 0.3) is 5.69 Å². The SMILES string of the molecule is Cc1ccc(C(=O)CSc2nccn2-c2cccc(C(=O)NCc3ccco3)c2)cc1. The highest BCUT2D eigenvalue weighted by atomic mass is 32.2. The lowest BCUT2D eigenvalue weighted by molar-refractivity contribution is 0.0947. The first-order valence-electron chi connectivity index (χ1n) is 9.77. The van der Waals surface area contributed by atoms with Crippen LogP contribution in [0.15, 0.2) is 88.9 Å². The summed E-state index contributed by atoms with van der Waals surface area (Å²) in [6.07, 6.45) is 5.07. The number of benzene rings is 2. The molecule has 156 valence electrons. The van der Waals surface area contributed by atoms with Gasteiger partial charge in [-0.25, -0.2) is 4.98 Å². The Morgan fingerprint density at radius 1 is 1.06 bits per heavy atom. The van der Waals surface area contributed by atoms with Crippen LogP contribution in [0.5, 0.6) is 0 Å². The molecule has 7 heteroatoms. The Morgan fingerprint density at radius 2 is 1.90 bits per heavy atom. The summed E-state index contributed by atoms with van der Waals surface area (Å²) in [5.74, 6) is 0.826. The molecular weight excluding hydrogens is 410 g/mol. The van der Waals surface area contributed by atoms with Gasteiger partial charge in [-0.15, -0.1) is 0 Å². The zero-order chi connectivity index (χ0) is 21.6. The van der Waals surface area contributed by atoms with Gasteiger partial charge in [0.05, 0.1) is 18.6 Å². The van der Waals surface area contributed by atoms with Gasteiger partial charge in [-0.3, -0.25) is 14.2 Å². The summed E-state index contributed by atoms with van der Waals surface area (Å²) >= 11 is 1.37. The Morgan fingerprint density at radius 3 is 2.68 bits per heavy atom. The quantitative estimate of drug-likeness (QED) is 0.324. The van der Waals surface area contributed by atoms with Gasteiger partial charge in [-0.2, -0.15) is 0 Å². The predicted molar refractivity (Wildman–Crippen MR) is 120 cm³/mol. The number of aryl methyl sites for hydroxylation is 1. The monoisotopic (exact) mass is 431 g/mol. The number of aromatic nitrogens is 2. The van der Waals surface area contributed by atoms with E-state index < -0.39 is 0 Å². The zero-order valence-electron chi connectivity index (χ0n) is 16.9. The zero-order valence-corrected chi connectivity index (χ0v) is 17.8. The second kappa shape index (κ2) is 9.49. The number of amides is 1. The highest BCUT2D eigenvalue weighted by molar-refractivity contribution is 7.99. The molecule has 0 radical (unpaired) electrons. The van der Waals surface area contributed by atoms with E-state index in [2.05, 4.69) is 10.3 Å². The summed E-state index contributed by atoms with van der Waals surface area (Å²) in [5.41, 5.74) is 3.14. The van der Waals surface area contributed by atoms with Crippen LogP contribution in [-0.4, -0.2) is 27.0 Å². The van der Waals surface area contributed by atoms with E-state index in [0.29, 0.717) is 28.6 Å². The van der Waals surface area contributed by atoms with Crippen molar-refractivity contribution in [1.29, 1.82) is 0 Å². The number of rotatable bonds is 8. The fraction of sp³-hybridized carbons (Fsp3) is 0.125. The van der Waals surface area contributed by atoms with Gasteiger partial charge in [0.15, 0.2) is 10.9 Å². The van der Waals surface area contributed by atoms with Crippen molar-refractivity contribution in [3.05, 3.63) is 102 Å². The molecule has 4 aromatic rings. The third-order valence-electron chi connectivity index (χ3n) is 4.70. The Bertz CT molecular complexity index is 1180. The maximum absolute atomic E-state index is 12.5. The number of hydrogen-bond acceptors (Lipinski definition) is 5. The standard InChI is InChI=1S/C24H21N3O3S/c1-17-7-9-18(10-8-17)22(28)16-31-24-25-11-12-27(24)20-5-2-4-19(14-20)23(29)26-15-21-6-3-13-30-21/h2-14H,15-16H2,1H3,(H,26,29). The van der Waals surface area contributed by atoms with Gasteiger partial charge in [0.1, 0.15) is 5.76 Å². The van der Waals surface area contributed by atoms with Crippen LogP contribution in [0.2, 0.25) is 0 Å². The molecule has 0 fully saturated rings. The molecule has 0 aliphatic heterocycles. The first-order valence-corrected chi connectivity index (χ1v) is 10.8. The van der Waals surface area contributed by atoms with E-state index in [-0.39, 0.29) is 17.4 Å². The number of ketones is 1. The Labute approximate surface area is 184 Å². The van der Waals surface area contributed by atoms with Gasteiger partial charge in [-0.1, -0.05) is 47.7 Å². The maximum Gasteiger partial charge on any atom is 0.251 e. The molecule has 6 nitrogen and oxygen atoms in total. The van der Waals surface area contributed by atoms with Crippen LogP contribution in [0.1, 0.15) is 32.0 Å². The van der Waals surface area contributed by atoms with E-state index in [1.807, 2.05) is 60.2 Å². The molecular formula is C24H21N3O3S. The number of furan rings is 1. The minimum absolute atomic E-state index is 0.0469. The van der Waals surface area contributed by atoms with E-state index in [9.17, 15) is 9.59 Å². The molecule has 0 spiro atoms. The smallest absolute Gasteiger partial charge is 0.251 e. The largest absolute Gasteiger partial charge is 0.467 e. The first kappa shape index (κ1) is 20.7. The summed E-state index contributed by atoms with van der Waals surface area (Å²) < 4.78 is 7.12. The molecule has 1 amide bonds. The molecule has 0 saturated carbocycles. The molecule has 0 aliphatic rings. The van der Waals surface area contributed by atoms with Gasteiger partial charge in [0, 0.05) is 29.2 Å². The molecule has 0 unspecified atom stereocenters. The third kappa shape index (κ3) is 5.13. The number of nitrogens with zero attached hydrogens (tertiary/aromatic N) is 2. The van der Waals surface area contributed by atoms with E-state index in [0.717, 1.165) is 11.3 Å². The second-order valence-electron chi connectivity index (χ2n) is 6.97. The number of hydrogen-bond donors (Lipinski definition) is 1. The topological polar surface area (TPSA) is 77.1 Å². The molecule has 2 heterocycles. The summed E-state index contributed by atoms with van der Waals surface area (Å²) in [7, 11) is 0. The molecule has 4 rings (SSSR count). The van der Waals surface area contributed by atoms with Crippen molar-refractivity contribution in [2.24, 2.45) is 0 Å². The highest BCUT2D eigenvalue weighted by Gasteiger charge is 2.13. The number of thioether (sulfide) groups is 1. The lowest BCUT2D eigenvalue weighted by Gasteiger charge is -2.10. The molecule has 0 saturated heterocycles. The van der Waals surface area contributed by atoms with Crippen molar-refractivity contribution < 1.29 is 14.0 Å². The van der Waals surface area contributed by atoms with Crippen molar-refractivity contribution in [1.82, 2.24) is 14.9 Å². The molecule has 0 bridgehead atoms. The molecule has 2 aromatic carbocycles. The average molecular weight is 432 g/mol. The van der Waals surface area contributed by atoms with Crippen molar-refractivity contribution in [3.63, 3.8) is 0 Å². The fourth-order valence-corrected chi connectivity index (χ4v) is 3.89. The number of imidazole rings is 1. The van der Waals surface area contributed by atoms with E-state index >= 15 is 0 Å². The Balaban J connectivity index is 1.44. The van der Waals surface area contributed by atoms with E-state index in [1.54, 1.807) is 30.7 Å². The average Bonchev–Trinajstić information content (AvgIpc) is 3.48. The van der Waals surface area contributed by atoms with Crippen molar-refractivity contribution in [3.8, 4) is 5.69 Å². The molecule has 0 aliphatic carbocycles. The Kier molecular flexibility index (Phi) is 6.33. The highest BCUT2D eigenvalue weighted by Crippen LogP contribution is 2.22. The van der Waals surface area contributed by atoms with Crippen molar-refractivity contribution >= 4 is 23.5 Å². The van der Waals surface area contributed by atoms with Gasteiger partial charge in [-0.05, 0) is 37.3 Å². The molecule has 0 atom stereocenters. The molecule has 1 N–H and O–H groups in total. The number of Topliss-reactive ketones (excluding diaryl/α,β-unsaturated/α-hetero) is 1. The van der Waals surface area contributed by atoms with Crippen LogP contribution >= 0.6 is 11.8 Å².